The minimum absolute atomic E-state index is 0.226. The van der Waals surface area contributed by atoms with E-state index in [0.29, 0.717) is 6.61 Å². The van der Waals surface area contributed by atoms with Crippen molar-refractivity contribution in [2.75, 3.05) is 6.54 Å². The molecule has 0 saturated carbocycles. The number of hydrogen-bond donors (Lipinski definition) is 2. The molecule has 1 unspecified atom stereocenters. The molecule has 2 aromatic carbocycles. The molecule has 0 aliphatic carbocycles. The van der Waals surface area contributed by atoms with Gasteiger partial charge in [0.15, 0.2) is 0 Å². The minimum atomic E-state index is -0.609. The molecule has 0 aromatic heterocycles. The Bertz CT molecular complexity index is 526. The molecule has 0 radical (unpaired) electrons. The van der Waals surface area contributed by atoms with Crippen molar-refractivity contribution in [1.82, 2.24) is 0 Å². The van der Waals surface area contributed by atoms with Crippen LogP contribution in [0.5, 0.6) is 5.75 Å². The predicted molar refractivity (Wildman–Crippen MR) is 76.0 cm³/mol. The maximum absolute atomic E-state index is 9.69. The minimum Gasteiger partial charge on any atom is -0.489 e. The van der Waals surface area contributed by atoms with E-state index in [1.165, 1.54) is 0 Å². The fraction of sp³-hybridized carbons (Fsp3) is 0.250. The highest BCUT2D eigenvalue weighted by Gasteiger charge is 2.07. The van der Waals surface area contributed by atoms with Crippen LogP contribution < -0.4 is 10.5 Å². The zero-order valence-corrected chi connectivity index (χ0v) is 11.0. The monoisotopic (exact) mass is 257 g/mol. The van der Waals surface area contributed by atoms with Gasteiger partial charge in [-0.3, -0.25) is 0 Å². The quantitative estimate of drug-likeness (QED) is 0.865. The van der Waals surface area contributed by atoms with Gasteiger partial charge in [-0.2, -0.15) is 0 Å². The van der Waals surface area contributed by atoms with Crippen molar-refractivity contribution < 1.29 is 9.84 Å². The Kier molecular flexibility index (Phi) is 4.55. The smallest absolute Gasteiger partial charge is 0.122 e. The van der Waals surface area contributed by atoms with Crippen molar-refractivity contribution in [2.24, 2.45) is 5.73 Å². The van der Waals surface area contributed by atoms with E-state index < -0.39 is 6.10 Å². The summed E-state index contributed by atoms with van der Waals surface area (Å²) in [7, 11) is 0. The van der Waals surface area contributed by atoms with Crippen molar-refractivity contribution in [1.29, 1.82) is 0 Å². The first-order chi connectivity index (χ1) is 9.20. The van der Waals surface area contributed by atoms with E-state index in [2.05, 4.69) is 0 Å². The molecule has 0 aliphatic heterocycles. The summed E-state index contributed by atoms with van der Waals surface area (Å²) < 4.78 is 5.78. The molecule has 0 fully saturated rings. The van der Waals surface area contributed by atoms with Crippen LogP contribution in [0.2, 0.25) is 0 Å². The summed E-state index contributed by atoms with van der Waals surface area (Å²) in [4.78, 5) is 0. The molecule has 2 aromatic rings. The largest absolute Gasteiger partial charge is 0.489 e. The van der Waals surface area contributed by atoms with Gasteiger partial charge < -0.3 is 15.6 Å². The lowest BCUT2D eigenvalue weighted by molar-refractivity contribution is 0.186. The molecule has 0 spiro atoms. The first-order valence-electron chi connectivity index (χ1n) is 6.36. The third-order valence-corrected chi connectivity index (χ3v) is 3.04. The van der Waals surface area contributed by atoms with Crippen LogP contribution >= 0.6 is 0 Å². The number of benzene rings is 2. The number of aliphatic hydroxyl groups is 1. The lowest BCUT2D eigenvalue weighted by atomic mass is 10.1. The Morgan fingerprint density at radius 1 is 1.16 bits per heavy atom. The summed E-state index contributed by atoms with van der Waals surface area (Å²) in [5.41, 5.74) is 8.40. The van der Waals surface area contributed by atoms with Gasteiger partial charge >= 0.3 is 0 Å². The molecule has 19 heavy (non-hydrogen) atoms. The average Bonchev–Trinajstić information content (AvgIpc) is 2.46. The Hall–Kier alpha value is -1.84. The van der Waals surface area contributed by atoms with E-state index in [0.717, 1.165) is 22.4 Å². The Labute approximate surface area is 113 Å². The highest BCUT2D eigenvalue weighted by Crippen LogP contribution is 2.23. The van der Waals surface area contributed by atoms with Gasteiger partial charge in [0.05, 0.1) is 6.10 Å². The lowest BCUT2D eigenvalue weighted by Crippen LogP contribution is -2.11. The molecular weight excluding hydrogens is 238 g/mol. The van der Waals surface area contributed by atoms with E-state index in [9.17, 15) is 5.11 Å². The van der Waals surface area contributed by atoms with Crippen molar-refractivity contribution in [3.8, 4) is 5.75 Å². The summed E-state index contributed by atoms with van der Waals surface area (Å²) in [5.74, 6) is 0.830. The Balaban J connectivity index is 2.05. The zero-order valence-electron chi connectivity index (χ0n) is 11.0. The number of ether oxygens (including phenoxy) is 1. The van der Waals surface area contributed by atoms with Crippen molar-refractivity contribution in [3.05, 3.63) is 65.2 Å². The van der Waals surface area contributed by atoms with Crippen LogP contribution in [-0.4, -0.2) is 11.7 Å². The molecule has 0 heterocycles. The molecule has 0 aliphatic rings. The van der Waals surface area contributed by atoms with E-state index in [1.54, 1.807) is 0 Å². The second-order valence-corrected chi connectivity index (χ2v) is 4.55. The number of rotatable bonds is 5. The van der Waals surface area contributed by atoms with E-state index in [1.807, 2.05) is 55.5 Å². The molecule has 0 saturated heterocycles. The van der Waals surface area contributed by atoms with Crippen LogP contribution in [0, 0.1) is 6.92 Å². The first kappa shape index (κ1) is 13.6. The third kappa shape index (κ3) is 3.56. The molecule has 3 N–H and O–H groups in total. The van der Waals surface area contributed by atoms with Crippen molar-refractivity contribution in [2.45, 2.75) is 19.6 Å². The molecule has 0 amide bonds. The maximum Gasteiger partial charge on any atom is 0.122 e. The summed E-state index contributed by atoms with van der Waals surface area (Å²) in [6, 6.07) is 15.7. The number of nitrogens with two attached hydrogens (primary N) is 1. The molecule has 2 rings (SSSR count). The van der Waals surface area contributed by atoms with Gasteiger partial charge in [0.25, 0.3) is 0 Å². The standard InChI is InChI=1S/C16H19NO2/c1-12-9-14(15(18)10-17)7-8-16(12)19-11-13-5-3-2-4-6-13/h2-9,15,18H,10-11,17H2,1H3. The number of aliphatic hydroxyl groups excluding tert-OH is 1. The summed E-state index contributed by atoms with van der Waals surface area (Å²) in [6.45, 7) is 2.73. The number of aryl methyl sites for hydroxylation is 1. The van der Waals surface area contributed by atoms with Gasteiger partial charge in [-0.15, -0.1) is 0 Å². The van der Waals surface area contributed by atoms with Gasteiger partial charge in [0.2, 0.25) is 0 Å². The van der Waals surface area contributed by atoms with Crippen molar-refractivity contribution in [3.63, 3.8) is 0 Å². The third-order valence-electron chi connectivity index (χ3n) is 3.04. The lowest BCUT2D eigenvalue weighted by Gasteiger charge is -2.13. The maximum atomic E-state index is 9.69. The summed E-state index contributed by atoms with van der Waals surface area (Å²) in [5, 5.41) is 9.69. The number of hydrogen-bond acceptors (Lipinski definition) is 3. The highest BCUT2D eigenvalue weighted by atomic mass is 16.5. The normalized spacial score (nSPS) is 12.2. The molecule has 1 atom stereocenters. The molecule has 100 valence electrons. The van der Waals surface area contributed by atoms with Crippen LogP contribution in [0.1, 0.15) is 22.8 Å². The first-order valence-corrected chi connectivity index (χ1v) is 6.36. The van der Waals surface area contributed by atoms with Crippen LogP contribution in [-0.2, 0) is 6.61 Å². The fourth-order valence-corrected chi connectivity index (χ4v) is 1.91. The summed E-state index contributed by atoms with van der Waals surface area (Å²) >= 11 is 0. The topological polar surface area (TPSA) is 55.5 Å². The van der Waals surface area contributed by atoms with Crippen LogP contribution in [0.3, 0.4) is 0 Å². The van der Waals surface area contributed by atoms with Crippen molar-refractivity contribution >= 4 is 0 Å². The Morgan fingerprint density at radius 2 is 1.89 bits per heavy atom. The zero-order chi connectivity index (χ0) is 13.7. The summed E-state index contributed by atoms with van der Waals surface area (Å²) in [6.07, 6.45) is -0.609. The molecule has 3 heteroatoms. The highest BCUT2D eigenvalue weighted by molar-refractivity contribution is 5.37. The second-order valence-electron chi connectivity index (χ2n) is 4.55. The van der Waals surface area contributed by atoms with Gasteiger partial charge in [0, 0.05) is 6.54 Å². The van der Waals surface area contributed by atoms with E-state index >= 15 is 0 Å². The second kappa shape index (κ2) is 6.36. The Morgan fingerprint density at radius 3 is 2.53 bits per heavy atom. The predicted octanol–water partition coefficient (Wildman–Crippen LogP) is 2.57. The van der Waals surface area contributed by atoms with Crippen LogP contribution in [0.25, 0.3) is 0 Å². The SMILES string of the molecule is Cc1cc(C(O)CN)ccc1OCc1ccccc1. The molecule has 0 bridgehead atoms. The van der Waals surface area contributed by atoms with Crippen LogP contribution in [0.15, 0.2) is 48.5 Å². The average molecular weight is 257 g/mol. The van der Waals surface area contributed by atoms with Gasteiger partial charge in [-0.05, 0) is 35.7 Å². The van der Waals surface area contributed by atoms with Gasteiger partial charge in [-0.1, -0.05) is 36.4 Å². The van der Waals surface area contributed by atoms with E-state index in [4.69, 9.17) is 10.5 Å². The van der Waals surface area contributed by atoms with Gasteiger partial charge in [0.1, 0.15) is 12.4 Å². The molecule has 3 nitrogen and oxygen atoms in total. The fourth-order valence-electron chi connectivity index (χ4n) is 1.91. The van der Waals surface area contributed by atoms with Gasteiger partial charge in [-0.25, -0.2) is 0 Å². The van der Waals surface area contributed by atoms with Crippen LogP contribution in [0.4, 0.5) is 0 Å². The molecular formula is C16H19NO2. The van der Waals surface area contributed by atoms with E-state index in [-0.39, 0.29) is 6.54 Å².